The molecule has 0 radical (unpaired) electrons. The highest BCUT2D eigenvalue weighted by atomic mass is 32.2. The van der Waals surface area contributed by atoms with Crippen LogP contribution in [-0.2, 0) is 9.59 Å². The molecule has 0 aliphatic rings. The molecule has 0 spiro atoms. The summed E-state index contributed by atoms with van der Waals surface area (Å²) in [4.78, 5) is 22.8. The zero-order valence-electron chi connectivity index (χ0n) is 11.1. The van der Waals surface area contributed by atoms with E-state index in [1.54, 1.807) is 11.8 Å². The van der Waals surface area contributed by atoms with Crippen molar-refractivity contribution in [1.29, 1.82) is 0 Å². The molecular formula is C10H20N2O3S2. The summed E-state index contributed by atoms with van der Waals surface area (Å²) in [5.74, 6) is -0.0494. The Balaban J connectivity index is 4.32. The lowest BCUT2D eigenvalue weighted by atomic mass is 10.2. The Morgan fingerprint density at radius 2 is 1.94 bits per heavy atom. The normalized spacial score (nSPS) is 14.8. The number of carboxylic acids is 1. The maximum absolute atomic E-state index is 11.8. The summed E-state index contributed by atoms with van der Waals surface area (Å²) in [5, 5.41) is 11.5. The molecule has 17 heavy (non-hydrogen) atoms. The van der Waals surface area contributed by atoms with Gasteiger partial charge < -0.3 is 16.2 Å². The van der Waals surface area contributed by atoms with E-state index in [9.17, 15) is 9.59 Å². The van der Waals surface area contributed by atoms with Crippen molar-refractivity contribution in [1.82, 2.24) is 5.32 Å². The van der Waals surface area contributed by atoms with Gasteiger partial charge in [0, 0.05) is 0 Å². The van der Waals surface area contributed by atoms with Gasteiger partial charge in [0.2, 0.25) is 5.91 Å². The van der Waals surface area contributed by atoms with Gasteiger partial charge in [0.25, 0.3) is 0 Å². The molecule has 0 heterocycles. The van der Waals surface area contributed by atoms with Gasteiger partial charge in [-0.15, -0.1) is 0 Å². The first-order valence-corrected chi connectivity index (χ1v) is 8.03. The van der Waals surface area contributed by atoms with Crippen LogP contribution >= 0.6 is 23.5 Å². The van der Waals surface area contributed by atoms with Crippen molar-refractivity contribution in [3.8, 4) is 0 Å². The van der Waals surface area contributed by atoms with Crippen molar-refractivity contribution in [3.05, 3.63) is 0 Å². The maximum Gasteiger partial charge on any atom is 0.326 e. The smallest absolute Gasteiger partial charge is 0.326 e. The number of hydrogen-bond acceptors (Lipinski definition) is 5. The lowest BCUT2D eigenvalue weighted by Gasteiger charge is -2.17. The zero-order chi connectivity index (χ0) is 14.0. The van der Waals surface area contributed by atoms with E-state index in [0.717, 1.165) is 5.75 Å². The Labute approximate surface area is 112 Å². The Kier molecular flexibility index (Phi) is 8.29. The van der Waals surface area contributed by atoms with E-state index in [4.69, 9.17) is 6.52 Å². The van der Waals surface area contributed by atoms with Crippen molar-refractivity contribution < 1.29 is 16.1 Å². The van der Waals surface area contributed by atoms with Gasteiger partial charge in [-0.25, -0.2) is 4.79 Å². The highest BCUT2D eigenvalue weighted by molar-refractivity contribution is 7.98. The summed E-state index contributed by atoms with van der Waals surface area (Å²) in [6.07, 6.45) is 4.69. The van der Waals surface area contributed by atoms with E-state index in [2.05, 4.69) is 11.0 Å². The number of nitrogens with two attached hydrogens (primary N) is 1. The van der Waals surface area contributed by atoms with Crippen LogP contribution < -0.4 is 11.0 Å². The second-order valence-electron chi connectivity index (χ2n) is 3.51. The fraction of sp³-hybridized carbons (Fsp3) is 0.800. The van der Waals surface area contributed by atoms with E-state index in [-0.39, 0.29) is 0 Å². The van der Waals surface area contributed by atoms with Crippen LogP contribution in [0.15, 0.2) is 0 Å². The number of carbonyl (C=O) groups excluding carboxylic acids is 1. The highest BCUT2D eigenvalue weighted by Crippen LogP contribution is 2.03. The van der Waals surface area contributed by atoms with Gasteiger partial charge in [-0.3, -0.25) is 4.79 Å². The minimum absolute atomic E-state index is 0.384. The van der Waals surface area contributed by atoms with Crippen molar-refractivity contribution in [2.45, 2.75) is 24.9 Å². The third kappa shape index (κ3) is 7.51. The number of nitrogens with one attached hydrogen (secondary N) is 1. The number of amides is 1. The fourth-order valence-electron chi connectivity index (χ4n) is 1.13. The van der Waals surface area contributed by atoms with E-state index in [1.165, 1.54) is 11.8 Å². The summed E-state index contributed by atoms with van der Waals surface area (Å²) in [7, 11) is 0. The third-order valence-electron chi connectivity index (χ3n) is 2.15. The first-order chi connectivity index (χ1) is 8.56. The molecule has 1 amide bonds. The van der Waals surface area contributed by atoms with Crippen LogP contribution in [0.5, 0.6) is 0 Å². The molecule has 0 saturated carbocycles. The van der Waals surface area contributed by atoms with E-state index in [0.29, 0.717) is 18.6 Å². The summed E-state index contributed by atoms with van der Waals surface area (Å²) in [5.41, 5.74) is 2.16. The lowest BCUT2D eigenvalue weighted by molar-refractivity contribution is -0.142. The van der Waals surface area contributed by atoms with Gasteiger partial charge in [0.15, 0.2) is 0 Å². The van der Waals surface area contributed by atoms with Crippen molar-refractivity contribution in [3.63, 3.8) is 0 Å². The summed E-state index contributed by atoms with van der Waals surface area (Å²) >= 11 is 3.11. The Morgan fingerprint density at radius 3 is 2.41 bits per heavy atom. The summed E-state index contributed by atoms with van der Waals surface area (Å²) < 4.78 is 7.09. The molecule has 0 aromatic rings. The van der Waals surface area contributed by atoms with E-state index >= 15 is 0 Å². The molecule has 0 fully saturated rings. The average Bonchev–Trinajstić information content (AvgIpc) is 2.34. The molecule has 0 aromatic carbocycles. The number of hydrogen-bond donors (Lipinski definition) is 3. The fourth-order valence-corrected chi connectivity index (χ4v) is 2.08. The van der Waals surface area contributed by atoms with E-state index < -0.39 is 24.0 Å². The van der Waals surface area contributed by atoms with Crippen LogP contribution in [0.25, 0.3) is 0 Å². The monoisotopic (exact) mass is 281 g/mol. The van der Waals surface area contributed by atoms with Gasteiger partial charge in [-0.2, -0.15) is 23.5 Å². The predicted molar refractivity (Wildman–Crippen MR) is 73.5 cm³/mol. The molecule has 0 aliphatic carbocycles. The highest BCUT2D eigenvalue weighted by Gasteiger charge is 2.22. The quantitative estimate of drug-likeness (QED) is 0.536. The lowest BCUT2D eigenvalue weighted by Crippen LogP contribution is -2.48. The predicted octanol–water partition coefficient (Wildman–Crippen LogP) is 0.389. The molecule has 0 aromatic heterocycles. The standard InChI is InChI=1S/C10H20N2O3S2/c1-16-5-3-7(11)9(13)12-8(10(14)15)4-6-17-2/h7-8H,3-6,11H2,1-2H3,(H,12,13)(H,14,15)/t7-,8-/m0/s1/i/hD. The van der Waals surface area contributed by atoms with Gasteiger partial charge in [-0.1, -0.05) is 0 Å². The first kappa shape index (κ1) is 14.7. The van der Waals surface area contributed by atoms with Crippen LogP contribution in [0.4, 0.5) is 0 Å². The Morgan fingerprint density at radius 1 is 1.35 bits per heavy atom. The second kappa shape index (κ2) is 9.61. The van der Waals surface area contributed by atoms with Crippen LogP contribution in [0, 0.1) is 0 Å². The minimum atomic E-state index is -1.04. The second-order valence-corrected chi connectivity index (χ2v) is 5.49. The molecule has 0 unspecified atom stereocenters. The largest absolute Gasteiger partial charge is 0.480 e. The summed E-state index contributed by atoms with van der Waals surface area (Å²) in [6.45, 7) is 0. The van der Waals surface area contributed by atoms with Gasteiger partial charge in [0.05, 0.1) is 6.04 Å². The molecule has 0 bridgehead atoms. The zero-order valence-corrected chi connectivity index (χ0v) is 11.7. The Hall–Kier alpha value is -0.400. The van der Waals surface area contributed by atoms with Crippen LogP contribution in [0.3, 0.4) is 0 Å². The average molecular weight is 281 g/mol. The van der Waals surface area contributed by atoms with Crippen LogP contribution in [-0.4, -0.2) is 53.1 Å². The maximum atomic E-state index is 11.8. The first-order valence-electron chi connectivity index (χ1n) is 5.75. The molecule has 100 valence electrons. The van der Waals surface area contributed by atoms with Crippen molar-refractivity contribution in [2.24, 2.45) is 5.73 Å². The van der Waals surface area contributed by atoms with Crippen molar-refractivity contribution in [2.75, 3.05) is 24.0 Å². The molecule has 0 aliphatic heterocycles. The summed E-state index contributed by atoms with van der Waals surface area (Å²) in [6, 6.07) is -1.54. The van der Waals surface area contributed by atoms with Gasteiger partial charge >= 0.3 is 5.97 Å². The SMILES string of the molecule is [2H]N[C@@H](CCSC)C(=O)N[C@@H](CCSC)C(=O)O. The van der Waals surface area contributed by atoms with Crippen molar-refractivity contribution >= 4 is 35.4 Å². The van der Waals surface area contributed by atoms with Crippen LogP contribution in [0.1, 0.15) is 12.8 Å². The number of aliphatic carboxylic acids is 1. The molecule has 5 nitrogen and oxygen atoms in total. The molecule has 2 atom stereocenters. The minimum Gasteiger partial charge on any atom is -0.480 e. The Bertz CT molecular complexity index is 270. The molecule has 7 heteroatoms. The topological polar surface area (TPSA) is 92.4 Å². The third-order valence-corrected chi connectivity index (χ3v) is 3.44. The number of carbonyl (C=O) groups is 2. The number of carboxylic acid groups (broad SMARTS) is 1. The number of rotatable bonds is 10. The van der Waals surface area contributed by atoms with E-state index in [1.807, 2.05) is 12.5 Å². The molecular weight excluding hydrogens is 260 g/mol. The number of thioether (sulfide) groups is 2. The van der Waals surface area contributed by atoms with Crippen LogP contribution in [0.2, 0.25) is 1.41 Å². The molecule has 0 rings (SSSR count). The molecule has 4 N–H and O–H groups in total. The van der Waals surface area contributed by atoms with Gasteiger partial charge in [-0.05, 0) is 36.9 Å². The van der Waals surface area contributed by atoms with Gasteiger partial charge in [0.1, 0.15) is 7.45 Å². The molecule has 0 saturated heterocycles.